The number of carbonyl (C=O) groups excluding carboxylic acids is 1. The molecule has 31 heavy (non-hydrogen) atoms. The van der Waals surface area contributed by atoms with Gasteiger partial charge in [0.05, 0.1) is 12.2 Å². The Bertz CT molecular complexity index is 1190. The molecular formula is C25H22N2O4. The lowest BCUT2D eigenvalue weighted by molar-refractivity contribution is 0.0701. The van der Waals surface area contributed by atoms with Crippen molar-refractivity contribution < 1.29 is 18.7 Å². The molecule has 2 heterocycles. The van der Waals surface area contributed by atoms with E-state index in [1.165, 1.54) is 17.9 Å². The first-order valence-corrected chi connectivity index (χ1v) is 9.85. The van der Waals surface area contributed by atoms with Crippen LogP contribution in [0.25, 0.3) is 0 Å². The third-order valence-corrected chi connectivity index (χ3v) is 5.23. The summed E-state index contributed by atoms with van der Waals surface area (Å²) in [7, 11) is 0. The van der Waals surface area contributed by atoms with Crippen LogP contribution in [0, 0.1) is 11.3 Å². The lowest BCUT2D eigenvalue weighted by atomic mass is 9.81. The van der Waals surface area contributed by atoms with Crippen LogP contribution < -0.4 is 15.2 Å². The lowest BCUT2D eigenvalue weighted by Crippen LogP contribution is -2.21. The minimum absolute atomic E-state index is 0.0197. The van der Waals surface area contributed by atoms with E-state index in [1.54, 1.807) is 24.3 Å². The van der Waals surface area contributed by atoms with Crippen molar-refractivity contribution in [3.63, 3.8) is 0 Å². The highest BCUT2D eigenvalue weighted by Crippen LogP contribution is 2.43. The van der Waals surface area contributed by atoms with Gasteiger partial charge < -0.3 is 19.6 Å². The molecule has 156 valence electrons. The summed E-state index contributed by atoms with van der Waals surface area (Å²) in [6.45, 7) is 6.45. The maximum Gasteiger partial charge on any atom is 0.379 e. The minimum Gasteiger partial charge on any atom is -0.457 e. The zero-order chi connectivity index (χ0) is 22.2. The first kappa shape index (κ1) is 20.3. The SMILES string of the molecule is CC(C)(C)c1ccc(C2C(C#N)=C(N)Oc3cc(OC(=O)c4ccco4)ccc32)cc1. The monoisotopic (exact) mass is 414 g/mol. The van der Waals surface area contributed by atoms with Gasteiger partial charge in [0, 0.05) is 11.6 Å². The van der Waals surface area contributed by atoms with Crippen molar-refractivity contribution in [2.75, 3.05) is 0 Å². The van der Waals surface area contributed by atoms with Gasteiger partial charge in [0.1, 0.15) is 23.1 Å². The molecule has 2 N–H and O–H groups in total. The Hall–Kier alpha value is -3.98. The summed E-state index contributed by atoms with van der Waals surface area (Å²) in [5, 5.41) is 9.73. The molecule has 0 radical (unpaired) electrons. The third-order valence-electron chi connectivity index (χ3n) is 5.23. The molecule has 0 amide bonds. The van der Waals surface area contributed by atoms with Crippen LogP contribution in [-0.4, -0.2) is 5.97 Å². The lowest BCUT2D eigenvalue weighted by Gasteiger charge is -2.27. The number of furan rings is 1. The fourth-order valence-electron chi connectivity index (χ4n) is 3.57. The number of nitrogens with two attached hydrogens (primary N) is 1. The maximum atomic E-state index is 12.2. The molecule has 0 saturated heterocycles. The topological polar surface area (TPSA) is 98.5 Å². The number of allylic oxidation sites excluding steroid dienone is 1. The van der Waals surface area contributed by atoms with Gasteiger partial charge in [0.2, 0.25) is 11.6 Å². The molecule has 1 aliphatic heterocycles. The van der Waals surface area contributed by atoms with Crippen LogP contribution in [0.4, 0.5) is 0 Å². The van der Waals surface area contributed by atoms with Crippen molar-refractivity contribution >= 4 is 5.97 Å². The fourth-order valence-corrected chi connectivity index (χ4v) is 3.57. The first-order valence-electron chi connectivity index (χ1n) is 9.85. The minimum atomic E-state index is -0.615. The Kier molecular flexibility index (Phi) is 5.04. The number of nitrogens with zero attached hydrogens (tertiary/aromatic N) is 1. The molecule has 6 heteroatoms. The van der Waals surface area contributed by atoms with Gasteiger partial charge in [-0.1, -0.05) is 51.1 Å². The summed E-state index contributed by atoms with van der Waals surface area (Å²) in [5.74, 6) is -0.133. The highest BCUT2D eigenvalue weighted by Gasteiger charge is 2.31. The van der Waals surface area contributed by atoms with E-state index < -0.39 is 5.97 Å². The predicted molar refractivity (Wildman–Crippen MR) is 115 cm³/mol. The number of benzene rings is 2. The molecule has 3 aromatic rings. The Morgan fingerprint density at radius 2 is 1.87 bits per heavy atom. The van der Waals surface area contributed by atoms with Crippen molar-refractivity contribution in [3.8, 4) is 17.6 Å². The summed E-state index contributed by atoms with van der Waals surface area (Å²) in [5.41, 5.74) is 9.33. The second-order valence-electron chi connectivity index (χ2n) is 8.36. The third kappa shape index (κ3) is 3.90. The van der Waals surface area contributed by atoms with Crippen molar-refractivity contribution in [2.45, 2.75) is 32.1 Å². The van der Waals surface area contributed by atoms with Gasteiger partial charge in [-0.2, -0.15) is 5.26 Å². The fraction of sp³-hybridized carbons (Fsp3) is 0.200. The molecule has 2 aromatic carbocycles. The average molecular weight is 414 g/mol. The number of ether oxygens (including phenoxy) is 2. The molecule has 0 fully saturated rings. The van der Waals surface area contributed by atoms with Crippen molar-refractivity contribution in [3.05, 3.63) is 94.8 Å². The average Bonchev–Trinajstić information content (AvgIpc) is 3.27. The number of hydrogen-bond acceptors (Lipinski definition) is 6. The Morgan fingerprint density at radius 1 is 1.13 bits per heavy atom. The zero-order valence-corrected chi connectivity index (χ0v) is 17.5. The summed E-state index contributed by atoms with van der Waals surface area (Å²) in [6.07, 6.45) is 1.40. The van der Waals surface area contributed by atoms with Crippen LogP contribution in [0.2, 0.25) is 0 Å². The smallest absolute Gasteiger partial charge is 0.379 e. The molecule has 0 saturated carbocycles. The highest BCUT2D eigenvalue weighted by atomic mass is 16.5. The normalized spacial score (nSPS) is 15.6. The molecule has 6 nitrogen and oxygen atoms in total. The van der Waals surface area contributed by atoms with Crippen LogP contribution in [0.1, 0.15) is 53.9 Å². The molecule has 1 aliphatic rings. The van der Waals surface area contributed by atoms with Gasteiger partial charge in [-0.3, -0.25) is 0 Å². The first-order chi connectivity index (χ1) is 14.8. The molecular weight excluding hydrogens is 392 g/mol. The van der Waals surface area contributed by atoms with Crippen LogP contribution in [0.15, 0.2) is 76.7 Å². The van der Waals surface area contributed by atoms with E-state index in [0.29, 0.717) is 11.3 Å². The second kappa shape index (κ2) is 7.69. The molecule has 0 aliphatic carbocycles. The number of fused-ring (bicyclic) bond motifs is 1. The number of carbonyl (C=O) groups is 1. The van der Waals surface area contributed by atoms with Crippen molar-refractivity contribution in [1.29, 1.82) is 5.26 Å². The van der Waals surface area contributed by atoms with Crippen LogP contribution in [-0.2, 0) is 5.41 Å². The Labute approximate surface area is 180 Å². The number of esters is 1. The number of nitriles is 1. The van der Waals surface area contributed by atoms with Gasteiger partial charge in [-0.15, -0.1) is 0 Å². The van der Waals surface area contributed by atoms with Gasteiger partial charge in [-0.25, -0.2) is 4.79 Å². The highest BCUT2D eigenvalue weighted by molar-refractivity contribution is 5.88. The van der Waals surface area contributed by atoms with Gasteiger partial charge >= 0.3 is 5.97 Å². The van der Waals surface area contributed by atoms with E-state index >= 15 is 0 Å². The van der Waals surface area contributed by atoms with E-state index in [9.17, 15) is 10.1 Å². The largest absolute Gasteiger partial charge is 0.457 e. The molecule has 4 rings (SSSR count). The zero-order valence-electron chi connectivity index (χ0n) is 17.5. The van der Waals surface area contributed by atoms with E-state index in [4.69, 9.17) is 19.6 Å². The molecule has 1 atom stereocenters. The number of rotatable bonds is 3. The summed E-state index contributed by atoms with van der Waals surface area (Å²) in [4.78, 5) is 12.2. The second-order valence-corrected chi connectivity index (χ2v) is 8.36. The maximum absolute atomic E-state index is 12.2. The van der Waals surface area contributed by atoms with Crippen LogP contribution in [0.5, 0.6) is 11.5 Å². The van der Waals surface area contributed by atoms with E-state index in [0.717, 1.165) is 11.1 Å². The van der Waals surface area contributed by atoms with E-state index in [1.807, 2.05) is 12.1 Å². The predicted octanol–water partition coefficient (Wildman–Crippen LogP) is 5.01. The van der Waals surface area contributed by atoms with Crippen molar-refractivity contribution in [1.82, 2.24) is 0 Å². The van der Waals surface area contributed by atoms with Gasteiger partial charge in [-0.05, 0) is 34.7 Å². The molecule has 0 bridgehead atoms. The Balaban J connectivity index is 1.70. The Morgan fingerprint density at radius 3 is 2.48 bits per heavy atom. The molecule has 1 aromatic heterocycles. The molecule has 1 unspecified atom stereocenters. The van der Waals surface area contributed by atoms with E-state index in [-0.39, 0.29) is 28.7 Å². The number of hydrogen-bond donors (Lipinski definition) is 1. The quantitative estimate of drug-likeness (QED) is 0.478. The summed E-state index contributed by atoms with van der Waals surface area (Å²) in [6, 6.07) is 18.5. The van der Waals surface area contributed by atoms with Gasteiger partial charge in [0.15, 0.2) is 0 Å². The summed E-state index contributed by atoms with van der Waals surface area (Å²) < 4.78 is 16.1. The van der Waals surface area contributed by atoms with Crippen LogP contribution in [0.3, 0.4) is 0 Å². The molecule has 0 spiro atoms. The van der Waals surface area contributed by atoms with E-state index in [2.05, 4.69) is 39.0 Å². The van der Waals surface area contributed by atoms with Crippen molar-refractivity contribution in [2.24, 2.45) is 5.73 Å². The van der Waals surface area contributed by atoms with Crippen LogP contribution >= 0.6 is 0 Å². The summed E-state index contributed by atoms with van der Waals surface area (Å²) >= 11 is 0. The standard InChI is InChI=1S/C25H22N2O4/c1-25(2,3)16-8-6-15(7-9-16)22-18-11-10-17(30-24(28)20-5-4-12-29-20)13-21(18)31-23(27)19(22)14-26/h4-13,22H,27H2,1-3H3. The van der Waals surface area contributed by atoms with Gasteiger partial charge in [0.25, 0.3) is 0 Å².